The lowest BCUT2D eigenvalue weighted by Gasteiger charge is -2.33. The zero-order valence-electron chi connectivity index (χ0n) is 23.0. The number of hydrogen-bond donors (Lipinski definition) is 4. The molecular formula is C28H36N6O5. The minimum absolute atomic E-state index is 0.0784. The summed E-state index contributed by atoms with van der Waals surface area (Å²) < 4.78 is 10.8. The van der Waals surface area contributed by atoms with Crippen LogP contribution in [-0.2, 0) is 4.74 Å². The third-order valence-corrected chi connectivity index (χ3v) is 6.76. The zero-order valence-corrected chi connectivity index (χ0v) is 23.0. The molecule has 1 aliphatic rings. The Labute approximate surface area is 227 Å². The van der Waals surface area contributed by atoms with Gasteiger partial charge in [0.1, 0.15) is 11.2 Å². The van der Waals surface area contributed by atoms with Gasteiger partial charge in [0, 0.05) is 36.8 Å². The van der Waals surface area contributed by atoms with E-state index in [-0.39, 0.29) is 29.7 Å². The van der Waals surface area contributed by atoms with Crippen LogP contribution in [0.2, 0.25) is 0 Å². The molecule has 0 unspecified atom stereocenters. The largest absolute Gasteiger partial charge is 0.480 e. The van der Waals surface area contributed by atoms with E-state index in [9.17, 15) is 14.4 Å². The lowest BCUT2D eigenvalue weighted by molar-refractivity contribution is 0.0469. The second-order valence-corrected chi connectivity index (χ2v) is 10.7. The summed E-state index contributed by atoms with van der Waals surface area (Å²) >= 11 is 0. The second-order valence-electron chi connectivity index (χ2n) is 10.7. The number of pyridine rings is 1. The monoisotopic (exact) mass is 536 g/mol. The Kier molecular flexibility index (Phi) is 8.37. The van der Waals surface area contributed by atoms with E-state index < -0.39 is 11.7 Å². The number of H-pyrrole nitrogens is 1. The van der Waals surface area contributed by atoms with Crippen LogP contribution in [0.15, 0.2) is 30.5 Å². The molecule has 3 amide bonds. The number of fused-ring (bicyclic) bond motifs is 1. The van der Waals surface area contributed by atoms with E-state index in [1.165, 1.54) is 7.11 Å². The molecule has 0 bridgehead atoms. The van der Waals surface area contributed by atoms with Crippen molar-refractivity contribution in [3.8, 4) is 17.0 Å². The number of aromatic nitrogens is 3. The third-order valence-electron chi connectivity index (χ3n) is 6.76. The fraction of sp³-hybridized carbons (Fsp3) is 0.464. The highest BCUT2D eigenvalue weighted by molar-refractivity contribution is 6.05. The van der Waals surface area contributed by atoms with Gasteiger partial charge in [0.05, 0.1) is 12.6 Å². The van der Waals surface area contributed by atoms with Crippen LogP contribution in [0.5, 0.6) is 5.88 Å². The predicted octanol–water partition coefficient (Wildman–Crippen LogP) is 3.81. The Bertz CT molecular complexity index is 1360. The van der Waals surface area contributed by atoms with Crippen LogP contribution < -0.4 is 20.7 Å². The molecule has 0 saturated heterocycles. The summed E-state index contributed by atoms with van der Waals surface area (Å²) in [5, 5.41) is 16.3. The van der Waals surface area contributed by atoms with E-state index in [2.05, 4.69) is 31.1 Å². The van der Waals surface area contributed by atoms with Crippen LogP contribution in [0.3, 0.4) is 0 Å². The summed E-state index contributed by atoms with van der Waals surface area (Å²) in [6.45, 7) is 5.89. The maximum atomic E-state index is 13.3. The average molecular weight is 537 g/mol. The number of benzene rings is 1. The van der Waals surface area contributed by atoms with Gasteiger partial charge in [-0.15, -0.1) is 0 Å². The lowest BCUT2D eigenvalue weighted by atomic mass is 9.84. The number of hydrogen-bond acceptors (Lipinski definition) is 7. The number of aromatic amines is 1. The van der Waals surface area contributed by atoms with Crippen molar-refractivity contribution >= 4 is 28.8 Å². The highest BCUT2D eigenvalue weighted by atomic mass is 16.6. The first-order chi connectivity index (χ1) is 18.6. The zero-order chi connectivity index (χ0) is 28.2. The average Bonchev–Trinajstić information content (AvgIpc) is 3.34. The van der Waals surface area contributed by atoms with E-state index >= 15 is 0 Å². The Morgan fingerprint density at radius 2 is 1.85 bits per heavy atom. The summed E-state index contributed by atoms with van der Waals surface area (Å²) in [5.41, 5.74) is 2.24. The van der Waals surface area contributed by atoms with E-state index in [1.807, 2.05) is 39.0 Å². The van der Waals surface area contributed by atoms with Crippen molar-refractivity contribution in [3.63, 3.8) is 0 Å². The SMILES string of the molecule is CNC(=O)c1n[nH]c2cc(-c3cnc(OC)c(C(=O)NC[C@@H]4CCCC[C@H]4NC(=O)OC(C)(C)C)c3)ccc12. The molecule has 2 atom stereocenters. The van der Waals surface area contributed by atoms with Crippen LogP contribution in [-0.4, -0.2) is 65.4 Å². The van der Waals surface area contributed by atoms with Crippen molar-refractivity contribution < 1.29 is 23.9 Å². The molecule has 208 valence electrons. The van der Waals surface area contributed by atoms with Gasteiger partial charge in [0.15, 0.2) is 5.69 Å². The first-order valence-corrected chi connectivity index (χ1v) is 13.1. The summed E-state index contributed by atoms with van der Waals surface area (Å²) in [7, 11) is 3.02. The molecule has 11 nitrogen and oxygen atoms in total. The molecule has 1 aromatic carbocycles. The maximum Gasteiger partial charge on any atom is 0.407 e. The van der Waals surface area contributed by atoms with Crippen LogP contribution in [0.4, 0.5) is 4.79 Å². The second kappa shape index (κ2) is 11.7. The van der Waals surface area contributed by atoms with Crippen LogP contribution >= 0.6 is 0 Å². The Hall–Kier alpha value is -4.15. The molecule has 0 aliphatic heterocycles. The van der Waals surface area contributed by atoms with Gasteiger partial charge in [-0.05, 0) is 63.3 Å². The molecule has 0 spiro atoms. The van der Waals surface area contributed by atoms with Crippen molar-refractivity contribution in [1.29, 1.82) is 0 Å². The lowest BCUT2D eigenvalue weighted by Crippen LogP contribution is -2.47. The van der Waals surface area contributed by atoms with E-state index in [4.69, 9.17) is 9.47 Å². The highest BCUT2D eigenvalue weighted by Gasteiger charge is 2.29. The smallest absolute Gasteiger partial charge is 0.407 e. The summed E-state index contributed by atoms with van der Waals surface area (Å²) in [4.78, 5) is 42.0. The number of ether oxygens (including phenoxy) is 2. The minimum atomic E-state index is -0.578. The highest BCUT2D eigenvalue weighted by Crippen LogP contribution is 2.29. The number of nitrogens with zero attached hydrogens (tertiary/aromatic N) is 2. The first kappa shape index (κ1) is 27.9. The van der Waals surface area contributed by atoms with Gasteiger partial charge in [-0.1, -0.05) is 18.9 Å². The van der Waals surface area contributed by atoms with Crippen molar-refractivity contribution in [2.45, 2.75) is 58.1 Å². The molecule has 1 aliphatic carbocycles. The molecule has 2 aromatic heterocycles. The first-order valence-electron chi connectivity index (χ1n) is 13.1. The third kappa shape index (κ3) is 6.65. The van der Waals surface area contributed by atoms with Gasteiger partial charge >= 0.3 is 6.09 Å². The van der Waals surface area contributed by atoms with E-state index in [0.717, 1.165) is 31.2 Å². The molecule has 11 heteroatoms. The number of nitrogens with one attached hydrogen (secondary N) is 4. The number of rotatable bonds is 7. The Balaban J connectivity index is 1.49. The summed E-state index contributed by atoms with van der Waals surface area (Å²) in [6, 6.07) is 7.17. The van der Waals surface area contributed by atoms with Crippen LogP contribution in [0.1, 0.15) is 67.3 Å². The fourth-order valence-corrected chi connectivity index (χ4v) is 4.85. The van der Waals surface area contributed by atoms with Gasteiger partial charge in [0.25, 0.3) is 11.8 Å². The number of carbonyl (C=O) groups excluding carboxylic acids is 3. The van der Waals surface area contributed by atoms with E-state index in [0.29, 0.717) is 34.3 Å². The molecule has 4 rings (SSSR count). The van der Waals surface area contributed by atoms with Gasteiger partial charge in [-0.2, -0.15) is 5.10 Å². The van der Waals surface area contributed by atoms with Crippen molar-refractivity contribution in [2.75, 3.05) is 20.7 Å². The Morgan fingerprint density at radius 3 is 2.56 bits per heavy atom. The molecule has 39 heavy (non-hydrogen) atoms. The van der Waals surface area contributed by atoms with Gasteiger partial charge in [-0.3, -0.25) is 14.7 Å². The van der Waals surface area contributed by atoms with Crippen molar-refractivity contribution in [3.05, 3.63) is 41.7 Å². The summed E-state index contributed by atoms with van der Waals surface area (Å²) in [5.74, 6) is -0.296. The van der Waals surface area contributed by atoms with Gasteiger partial charge < -0.3 is 25.4 Å². The molecule has 3 aromatic rings. The molecule has 4 N–H and O–H groups in total. The minimum Gasteiger partial charge on any atom is -0.480 e. The van der Waals surface area contributed by atoms with Crippen LogP contribution in [0.25, 0.3) is 22.0 Å². The van der Waals surface area contributed by atoms with E-state index in [1.54, 1.807) is 19.3 Å². The number of alkyl carbamates (subject to hydrolysis) is 1. The topological polar surface area (TPSA) is 147 Å². The molecule has 0 radical (unpaired) electrons. The number of methoxy groups -OCH3 is 1. The quantitative estimate of drug-likeness (QED) is 0.359. The summed E-state index contributed by atoms with van der Waals surface area (Å²) in [6.07, 6.45) is 4.95. The van der Waals surface area contributed by atoms with Gasteiger partial charge in [0.2, 0.25) is 5.88 Å². The number of carbonyl (C=O) groups is 3. The van der Waals surface area contributed by atoms with Crippen molar-refractivity contribution in [1.82, 2.24) is 31.1 Å². The fourth-order valence-electron chi connectivity index (χ4n) is 4.85. The van der Waals surface area contributed by atoms with Crippen LogP contribution in [0, 0.1) is 5.92 Å². The normalized spacial score (nSPS) is 17.4. The van der Waals surface area contributed by atoms with Gasteiger partial charge in [-0.25, -0.2) is 9.78 Å². The standard InChI is InChI=1S/C28H36N6O5/c1-28(2,3)39-27(37)32-21-9-7-6-8-17(21)14-30-24(35)20-12-18(15-31-26(20)38-5)16-10-11-19-22(13-16)33-34-23(19)25(36)29-4/h10-13,15,17,21H,6-9,14H2,1-5H3,(H,29,36)(H,30,35)(H,32,37)(H,33,34)/t17-,21+/m0/s1. The molecule has 1 fully saturated rings. The Morgan fingerprint density at radius 1 is 1.08 bits per heavy atom. The number of amides is 3. The molecule has 2 heterocycles. The predicted molar refractivity (Wildman–Crippen MR) is 147 cm³/mol. The van der Waals surface area contributed by atoms with Crippen molar-refractivity contribution in [2.24, 2.45) is 5.92 Å². The maximum absolute atomic E-state index is 13.3. The molecule has 1 saturated carbocycles. The molecular weight excluding hydrogens is 500 g/mol.